The van der Waals surface area contributed by atoms with Gasteiger partial charge in [0, 0.05) is 12.1 Å². The van der Waals surface area contributed by atoms with Crippen LogP contribution < -0.4 is 15.4 Å². The van der Waals surface area contributed by atoms with Gasteiger partial charge in [0.05, 0.1) is 18.4 Å². The molecule has 0 spiro atoms. The Bertz CT molecular complexity index is 1110. The number of aryl methyl sites for hydroxylation is 2. The Hall–Kier alpha value is -4.13. The lowest BCUT2D eigenvalue weighted by atomic mass is 10.1. The van der Waals surface area contributed by atoms with Gasteiger partial charge in [-0.2, -0.15) is 0 Å². The number of ether oxygens (including phenoxy) is 2. The average Bonchev–Trinajstić information content (AvgIpc) is 2.83. The van der Waals surface area contributed by atoms with Crippen molar-refractivity contribution in [2.24, 2.45) is 0 Å². The normalized spacial score (nSPS) is 10.2. The fourth-order valence-electron chi connectivity index (χ4n) is 3.08. The van der Waals surface area contributed by atoms with Gasteiger partial charge in [0.1, 0.15) is 5.75 Å². The topological polar surface area (TPSA) is 93.7 Å². The minimum atomic E-state index is -0.694. The van der Waals surface area contributed by atoms with Gasteiger partial charge >= 0.3 is 5.97 Å². The molecule has 0 aliphatic carbocycles. The van der Waals surface area contributed by atoms with E-state index >= 15 is 0 Å². The molecule has 3 aromatic carbocycles. The van der Waals surface area contributed by atoms with E-state index in [0.717, 1.165) is 16.9 Å². The number of carbonyl (C=O) groups excluding carboxylic acids is 3. The SMILES string of the molecule is COc1ccc(CCC(=O)Nc2ccccc2C(=O)OCC(=O)Nc2ccc(C)cc2)cc1. The summed E-state index contributed by atoms with van der Waals surface area (Å²) >= 11 is 0. The van der Waals surface area contributed by atoms with Gasteiger partial charge in [-0.15, -0.1) is 0 Å². The first-order valence-electron chi connectivity index (χ1n) is 10.5. The zero-order chi connectivity index (χ0) is 23.6. The molecular weight excluding hydrogens is 420 g/mol. The number of methoxy groups -OCH3 is 1. The molecular formula is C26H26N2O5. The van der Waals surface area contributed by atoms with Crippen molar-refractivity contribution in [3.63, 3.8) is 0 Å². The molecule has 0 aromatic heterocycles. The van der Waals surface area contributed by atoms with Crippen molar-refractivity contribution in [3.8, 4) is 5.75 Å². The average molecular weight is 447 g/mol. The molecule has 0 aliphatic heterocycles. The molecule has 0 aliphatic rings. The number of benzene rings is 3. The Morgan fingerprint density at radius 3 is 2.21 bits per heavy atom. The number of hydrogen-bond acceptors (Lipinski definition) is 5. The Balaban J connectivity index is 1.52. The highest BCUT2D eigenvalue weighted by atomic mass is 16.5. The van der Waals surface area contributed by atoms with Crippen molar-refractivity contribution in [2.75, 3.05) is 24.4 Å². The predicted octanol–water partition coefficient (Wildman–Crippen LogP) is 4.37. The van der Waals surface area contributed by atoms with Crippen molar-refractivity contribution in [3.05, 3.63) is 89.5 Å². The number of amides is 2. The fraction of sp³-hybridized carbons (Fsp3) is 0.192. The molecule has 33 heavy (non-hydrogen) atoms. The van der Waals surface area contributed by atoms with E-state index in [4.69, 9.17) is 9.47 Å². The van der Waals surface area contributed by atoms with E-state index in [9.17, 15) is 14.4 Å². The zero-order valence-electron chi connectivity index (χ0n) is 18.6. The molecule has 2 N–H and O–H groups in total. The summed E-state index contributed by atoms with van der Waals surface area (Å²) in [4.78, 5) is 37.0. The molecule has 0 radical (unpaired) electrons. The number of esters is 1. The van der Waals surface area contributed by atoms with Crippen molar-refractivity contribution in [2.45, 2.75) is 19.8 Å². The first kappa shape index (κ1) is 23.5. The van der Waals surface area contributed by atoms with E-state index < -0.39 is 18.5 Å². The van der Waals surface area contributed by atoms with Crippen molar-refractivity contribution in [1.29, 1.82) is 0 Å². The van der Waals surface area contributed by atoms with Crippen molar-refractivity contribution < 1.29 is 23.9 Å². The Labute approximate surface area is 192 Å². The van der Waals surface area contributed by atoms with Gasteiger partial charge in [0.15, 0.2) is 6.61 Å². The van der Waals surface area contributed by atoms with Gasteiger partial charge in [-0.1, -0.05) is 42.0 Å². The molecule has 3 rings (SSSR count). The Morgan fingerprint density at radius 1 is 0.818 bits per heavy atom. The first-order valence-corrected chi connectivity index (χ1v) is 10.5. The van der Waals surface area contributed by atoms with Crippen molar-refractivity contribution >= 4 is 29.2 Å². The highest BCUT2D eigenvalue weighted by Crippen LogP contribution is 2.18. The van der Waals surface area contributed by atoms with E-state index in [0.29, 0.717) is 17.8 Å². The monoisotopic (exact) mass is 446 g/mol. The lowest BCUT2D eigenvalue weighted by molar-refractivity contribution is -0.119. The van der Waals surface area contributed by atoms with Gasteiger partial charge in [0.2, 0.25) is 5.91 Å². The molecule has 7 nitrogen and oxygen atoms in total. The third-order valence-corrected chi connectivity index (χ3v) is 4.89. The first-order chi connectivity index (χ1) is 15.9. The third-order valence-electron chi connectivity index (χ3n) is 4.89. The molecule has 0 fully saturated rings. The van der Waals surface area contributed by atoms with Gasteiger partial charge in [-0.05, 0) is 55.3 Å². The maximum Gasteiger partial charge on any atom is 0.340 e. The fourth-order valence-corrected chi connectivity index (χ4v) is 3.08. The predicted molar refractivity (Wildman–Crippen MR) is 126 cm³/mol. The maximum absolute atomic E-state index is 12.5. The summed E-state index contributed by atoms with van der Waals surface area (Å²) in [6.07, 6.45) is 0.788. The number of carbonyl (C=O) groups is 3. The largest absolute Gasteiger partial charge is 0.497 e. The minimum Gasteiger partial charge on any atom is -0.497 e. The zero-order valence-corrected chi connectivity index (χ0v) is 18.6. The number of para-hydroxylation sites is 1. The van der Waals surface area contributed by atoms with E-state index in [-0.39, 0.29) is 17.9 Å². The lowest BCUT2D eigenvalue weighted by Gasteiger charge is -2.11. The van der Waals surface area contributed by atoms with Gasteiger partial charge in [0.25, 0.3) is 5.91 Å². The van der Waals surface area contributed by atoms with Crippen LogP contribution in [0.25, 0.3) is 0 Å². The maximum atomic E-state index is 12.5. The number of nitrogens with one attached hydrogen (secondary N) is 2. The van der Waals surface area contributed by atoms with Crippen LogP contribution in [0.4, 0.5) is 11.4 Å². The molecule has 0 saturated carbocycles. The van der Waals surface area contributed by atoms with E-state index in [2.05, 4.69) is 10.6 Å². The standard InChI is InChI=1S/C26H26N2O5/c1-18-7-12-20(13-8-18)27-25(30)17-33-26(31)22-5-3-4-6-23(22)28-24(29)16-11-19-9-14-21(32-2)15-10-19/h3-10,12-15H,11,16-17H2,1-2H3,(H,27,30)(H,28,29). The molecule has 0 heterocycles. The highest BCUT2D eigenvalue weighted by molar-refractivity contribution is 6.02. The lowest BCUT2D eigenvalue weighted by Crippen LogP contribution is -2.22. The molecule has 0 bridgehead atoms. The quantitative estimate of drug-likeness (QED) is 0.476. The van der Waals surface area contributed by atoms with Crippen LogP contribution in [0.2, 0.25) is 0 Å². The van der Waals surface area contributed by atoms with E-state index in [1.165, 1.54) is 0 Å². The second-order valence-electron chi connectivity index (χ2n) is 7.43. The molecule has 0 unspecified atom stereocenters. The van der Waals surface area contributed by atoms with Crippen LogP contribution in [-0.4, -0.2) is 31.5 Å². The summed E-state index contributed by atoms with van der Waals surface area (Å²) in [5.41, 5.74) is 3.20. The minimum absolute atomic E-state index is 0.179. The number of anilines is 2. The van der Waals surface area contributed by atoms with Gasteiger partial charge in [-0.25, -0.2) is 4.79 Å². The molecule has 0 atom stereocenters. The number of rotatable bonds is 9. The smallest absolute Gasteiger partial charge is 0.340 e. The molecule has 170 valence electrons. The number of hydrogen-bond donors (Lipinski definition) is 2. The van der Waals surface area contributed by atoms with Gasteiger partial charge in [-0.3, -0.25) is 9.59 Å². The van der Waals surface area contributed by atoms with Crippen LogP contribution in [0.1, 0.15) is 27.9 Å². The summed E-state index contributed by atoms with van der Waals surface area (Å²) < 4.78 is 10.3. The van der Waals surface area contributed by atoms with Crippen LogP contribution >= 0.6 is 0 Å². The van der Waals surface area contributed by atoms with Crippen LogP contribution in [0.5, 0.6) is 5.75 Å². The summed E-state index contributed by atoms with van der Waals surface area (Å²) in [6.45, 7) is 1.51. The summed E-state index contributed by atoms with van der Waals surface area (Å²) in [5, 5.41) is 5.42. The van der Waals surface area contributed by atoms with Crippen LogP contribution in [0.15, 0.2) is 72.8 Å². The second kappa shape index (κ2) is 11.5. The Kier molecular flexibility index (Phi) is 8.18. The molecule has 0 saturated heterocycles. The second-order valence-corrected chi connectivity index (χ2v) is 7.43. The summed E-state index contributed by atoms with van der Waals surface area (Å²) in [7, 11) is 1.60. The van der Waals surface area contributed by atoms with E-state index in [1.807, 2.05) is 43.3 Å². The molecule has 2 amide bonds. The summed E-state index contributed by atoms with van der Waals surface area (Å²) in [6, 6.07) is 21.3. The van der Waals surface area contributed by atoms with Crippen LogP contribution in [0.3, 0.4) is 0 Å². The van der Waals surface area contributed by atoms with E-state index in [1.54, 1.807) is 43.5 Å². The van der Waals surface area contributed by atoms with Crippen molar-refractivity contribution in [1.82, 2.24) is 0 Å². The summed E-state index contributed by atoms with van der Waals surface area (Å²) in [5.74, 6) is -0.625. The van der Waals surface area contributed by atoms with Crippen LogP contribution in [0, 0.1) is 6.92 Å². The molecule has 7 heteroatoms. The van der Waals surface area contributed by atoms with Crippen LogP contribution in [-0.2, 0) is 20.7 Å². The van der Waals surface area contributed by atoms with Gasteiger partial charge < -0.3 is 20.1 Å². The molecule has 3 aromatic rings. The highest BCUT2D eigenvalue weighted by Gasteiger charge is 2.16. The third kappa shape index (κ3) is 7.21. The Morgan fingerprint density at radius 2 is 1.52 bits per heavy atom.